The molecule has 1 unspecified atom stereocenters. The van der Waals surface area contributed by atoms with Crippen molar-refractivity contribution < 1.29 is 19.4 Å². The molecule has 1 aliphatic rings. The first kappa shape index (κ1) is 13.8. The van der Waals surface area contributed by atoms with Crippen molar-refractivity contribution in [1.82, 2.24) is 4.90 Å². The SMILES string of the molecule is COC1CC[C@@H](CO)N1C(=O)OCc1ccccc1. The number of aliphatic hydroxyl groups is 1. The van der Waals surface area contributed by atoms with Crippen LogP contribution in [0.3, 0.4) is 0 Å². The number of hydrogen-bond acceptors (Lipinski definition) is 4. The van der Waals surface area contributed by atoms with Crippen LogP contribution in [-0.2, 0) is 16.1 Å². The molecule has 1 fully saturated rings. The second kappa shape index (κ2) is 6.54. The van der Waals surface area contributed by atoms with Crippen molar-refractivity contribution in [3.8, 4) is 0 Å². The van der Waals surface area contributed by atoms with Gasteiger partial charge in [-0.3, -0.25) is 4.90 Å². The van der Waals surface area contributed by atoms with Crippen LogP contribution in [-0.4, -0.2) is 42.1 Å². The number of methoxy groups -OCH3 is 1. The Kier molecular flexibility index (Phi) is 4.76. The van der Waals surface area contributed by atoms with Crippen LogP contribution >= 0.6 is 0 Å². The molecule has 1 aromatic rings. The predicted molar refractivity (Wildman–Crippen MR) is 69.4 cm³/mol. The van der Waals surface area contributed by atoms with Gasteiger partial charge in [0.25, 0.3) is 0 Å². The largest absolute Gasteiger partial charge is 0.444 e. The Balaban J connectivity index is 1.94. The van der Waals surface area contributed by atoms with E-state index in [1.807, 2.05) is 30.3 Å². The lowest BCUT2D eigenvalue weighted by atomic mass is 10.2. The lowest BCUT2D eigenvalue weighted by Crippen LogP contribution is -2.43. The van der Waals surface area contributed by atoms with E-state index in [4.69, 9.17) is 9.47 Å². The molecule has 0 saturated carbocycles. The molecule has 1 heterocycles. The van der Waals surface area contributed by atoms with Crippen molar-refractivity contribution in [2.24, 2.45) is 0 Å². The average molecular weight is 265 g/mol. The van der Waals surface area contributed by atoms with E-state index in [9.17, 15) is 9.90 Å². The molecule has 5 heteroatoms. The molecule has 1 aromatic carbocycles. The van der Waals surface area contributed by atoms with Gasteiger partial charge >= 0.3 is 6.09 Å². The van der Waals surface area contributed by atoms with Crippen molar-refractivity contribution in [1.29, 1.82) is 0 Å². The third-order valence-corrected chi connectivity index (χ3v) is 3.35. The summed E-state index contributed by atoms with van der Waals surface area (Å²) in [6.07, 6.45) is 0.713. The lowest BCUT2D eigenvalue weighted by molar-refractivity contribution is -0.0273. The number of nitrogens with zero attached hydrogens (tertiary/aromatic N) is 1. The van der Waals surface area contributed by atoms with Crippen LogP contribution in [0.5, 0.6) is 0 Å². The van der Waals surface area contributed by atoms with Gasteiger partial charge in [-0.2, -0.15) is 0 Å². The number of hydrogen-bond donors (Lipinski definition) is 1. The maximum atomic E-state index is 12.1. The van der Waals surface area contributed by atoms with Crippen molar-refractivity contribution in [3.05, 3.63) is 35.9 Å². The summed E-state index contributed by atoms with van der Waals surface area (Å²) < 4.78 is 10.5. The van der Waals surface area contributed by atoms with Crippen LogP contribution in [0.1, 0.15) is 18.4 Å². The van der Waals surface area contributed by atoms with Gasteiger partial charge in [-0.05, 0) is 18.4 Å². The minimum absolute atomic E-state index is 0.0691. The van der Waals surface area contributed by atoms with E-state index in [1.165, 1.54) is 4.90 Å². The number of aliphatic hydroxyl groups excluding tert-OH is 1. The van der Waals surface area contributed by atoms with Gasteiger partial charge in [-0.15, -0.1) is 0 Å². The Morgan fingerprint density at radius 2 is 2.11 bits per heavy atom. The fourth-order valence-corrected chi connectivity index (χ4v) is 2.32. The molecule has 0 bridgehead atoms. The van der Waals surface area contributed by atoms with Crippen LogP contribution < -0.4 is 0 Å². The van der Waals surface area contributed by atoms with Crippen molar-refractivity contribution in [2.75, 3.05) is 13.7 Å². The van der Waals surface area contributed by atoms with Gasteiger partial charge in [0.2, 0.25) is 0 Å². The summed E-state index contributed by atoms with van der Waals surface area (Å²) in [5.41, 5.74) is 0.935. The highest BCUT2D eigenvalue weighted by Gasteiger charge is 2.37. The zero-order valence-corrected chi connectivity index (χ0v) is 11.0. The normalized spacial score (nSPS) is 22.5. The Morgan fingerprint density at radius 3 is 2.74 bits per heavy atom. The van der Waals surface area contributed by atoms with E-state index in [2.05, 4.69) is 0 Å². The second-order valence-corrected chi connectivity index (χ2v) is 4.55. The third-order valence-electron chi connectivity index (χ3n) is 3.35. The van der Waals surface area contributed by atoms with Crippen LogP contribution in [0, 0.1) is 0 Å². The van der Waals surface area contributed by atoms with E-state index in [0.717, 1.165) is 18.4 Å². The molecule has 2 atom stereocenters. The summed E-state index contributed by atoms with van der Waals surface area (Å²) in [5, 5.41) is 9.28. The number of ether oxygens (including phenoxy) is 2. The van der Waals surface area contributed by atoms with Gasteiger partial charge in [-0.1, -0.05) is 30.3 Å². The lowest BCUT2D eigenvalue weighted by Gasteiger charge is -2.27. The standard InChI is InChI=1S/C14H19NO4/c1-18-13-8-7-12(9-16)15(13)14(17)19-10-11-5-3-2-4-6-11/h2-6,12-13,16H,7-10H2,1H3/t12-,13?/m0/s1. The minimum atomic E-state index is -0.438. The van der Waals surface area contributed by atoms with Crippen molar-refractivity contribution >= 4 is 6.09 Å². The molecule has 0 aromatic heterocycles. The number of amides is 1. The van der Waals surface area contributed by atoms with Gasteiger partial charge in [0.15, 0.2) is 0 Å². The summed E-state index contributed by atoms with van der Waals surface area (Å²) in [7, 11) is 1.56. The average Bonchev–Trinajstić information content (AvgIpc) is 2.89. The van der Waals surface area contributed by atoms with E-state index < -0.39 is 6.09 Å². The smallest absolute Gasteiger partial charge is 0.412 e. The molecular weight excluding hydrogens is 246 g/mol. The molecule has 1 aliphatic heterocycles. The van der Waals surface area contributed by atoms with E-state index in [1.54, 1.807) is 7.11 Å². The highest BCUT2D eigenvalue weighted by Crippen LogP contribution is 2.25. The Hall–Kier alpha value is -1.59. The zero-order chi connectivity index (χ0) is 13.7. The number of carbonyl (C=O) groups excluding carboxylic acids is 1. The molecule has 1 amide bonds. The number of rotatable bonds is 4. The zero-order valence-electron chi connectivity index (χ0n) is 11.0. The topological polar surface area (TPSA) is 59.0 Å². The first-order valence-electron chi connectivity index (χ1n) is 6.39. The molecule has 2 rings (SSSR count). The molecule has 0 radical (unpaired) electrons. The summed E-state index contributed by atoms with van der Waals surface area (Å²) in [5.74, 6) is 0. The van der Waals surface area contributed by atoms with E-state index in [0.29, 0.717) is 0 Å². The van der Waals surface area contributed by atoms with Crippen molar-refractivity contribution in [3.63, 3.8) is 0 Å². The van der Waals surface area contributed by atoms with E-state index in [-0.39, 0.29) is 25.5 Å². The number of likely N-dealkylation sites (tertiary alicyclic amines) is 1. The Bertz CT molecular complexity index is 397. The van der Waals surface area contributed by atoms with Gasteiger partial charge < -0.3 is 14.6 Å². The molecule has 1 saturated heterocycles. The summed E-state index contributed by atoms with van der Waals surface area (Å²) in [4.78, 5) is 13.6. The summed E-state index contributed by atoms with van der Waals surface area (Å²) in [6.45, 7) is 0.158. The highest BCUT2D eigenvalue weighted by atomic mass is 16.6. The fraction of sp³-hybridized carbons (Fsp3) is 0.500. The van der Waals surface area contributed by atoms with Crippen LogP contribution in [0.2, 0.25) is 0 Å². The summed E-state index contributed by atoms with van der Waals surface area (Å²) in [6, 6.07) is 9.28. The van der Waals surface area contributed by atoms with Gasteiger partial charge in [-0.25, -0.2) is 4.79 Å². The Morgan fingerprint density at radius 1 is 1.37 bits per heavy atom. The van der Waals surface area contributed by atoms with Gasteiger partial charge in [0, 0.05) is 7.11 Å². The van der Waals surface area contributed by atoms with Gasteiger partial charge in [0.1, 0.15) is 12.8 Å². The second-order valence-electron chi connectivity index (χ2n) is 4.55. The molecule has 5 nitrogen and oxygen atoms in total. The maximum absolute atomic E-state index is 12.1. The predicted octanol–water partition coefficient (Wildman–Crippen LogP) is 1.75. The quantitative estimate of drug-likeness (QED) is 0.901. The monoisotopic (exact) mass is 265 g/mol. The van der Waals surface area contributed by atoms with Crippen molar-refractivity contribution in [2.45, 2.75) is 31.7 Å². The van der Waals surface area contributed by atoms with Crippen LogP contribution in [0.15, 0.2) is 30.3 Å². The third kappa shape index (κ3) is 3.24. The summed E-state index contributed by atoms with van der Waals surface area (Å²) >= 11 is 0. The number of carbonyl (C=O) groups is 1. The van der Waals surface area contributed by atoms with Crippen LogP contribution in [0.25, 0.3) is 0 Å². The molecule has 0 spiro atoms. The Labute approximate surface area is 112 Å². The van der Waals surface area contributed by atoms with Gasteiger partial charge in [0.05, 0.1) is 12.6 Å². The number of benzene rings is 1. The van der Waals surface area contributed by atoms with Crippen LogP contribution in [0.4, 0.5) is 4.79 Å². The highest BCUT2D eigenvalue weighted by molar-refractivity contribution is 5.68. The fourth-order valence-electron chi connectivity index (χ4n) is 2.32. The first-order valence-corrected chi connectivity index (χ1v) is 6.39. The first-order chi connectivity index (χ1) is 9.26. The molecule has 19 heavy (non-hydrogen) atoms. The molecule has 104 valence electrons. The molecular formula is C14H19NO4. The molecule has 0 aliphatic carbocycles. The molecule has 1 N–H and O–H groups in total. The minimum Gasteiger partial charge on any atom is -0.444 e. The van der Waals surface area contributed by atoms with E-state index >= 15 is 0 Å². The maximum Gasteiger partial charge on any atom is 0.412 e.